The van der Waals surface area contributed by atoms with E-state index in [9.17, 15) is 0 Å². The summed E-state index contributed by atoms with van der Waals surface area (Å²) in [4.78, 5) is 3.73. The summed E-state index contributed by atoms with van der Waals surface area (Å²) in [5, 5.41) is 8.88. The second-order valence-corrected chi connectivity index (χ2v) is 3.70. The maximum absolute atomic E-state index is 8.61. The minimum Gasteiger partial charge on any atom is -0.397 e. The first-order chi connectivity index (χ1) is 5.57. The summed E-state index contributed by atoms with van der Waals surface area (Å²) >= 11 is 13.2. The molecular weight excluding hydrogens is 312 g/mol. The highest BCUT2D eigenvalue weighted by molar-refractivity contribution is 14.1. The first kappa shape index (κ1) is 9.84. The molecule has 6 heteroatoms. The second kappa shape index (κ2) is 3.64. The van der Waals surface area contributed by atoms with E-state index in [4.69, 9.17) is 34.2 Å². The molecule has 0 saturated heterocycles. The van der Waals surface area contributed by atoms with Crippen LogP contribution in [0.15, 0.2) is 0 Å². The van der Waals surface area contributed by atoms with Crippen LogP contribution in [0.1, 0.15) is 5.56 Å². The average Bonchev–Trinajstić information content (AvgIpc) is 2.01. The first-order valence-electron chi connectivity index (χ1n) is 2.78. The fraction of sp³-hybridized carbons (Fsp3) is 0. The summed E-state index contributed by atoms with van der Waals surface area (Å²) in [6, 6.07) is 1.85. The lowest BCUT2D eigenvalue weighted by atomic mass is 10.2. The number of nitrogens with zero attached hydrogens (tertiary/aromatic N) is 2. The van der Waals surface area contributed by atoms with Gasteiger partial charge in [-0.1, -0.05) is 23.2 Å². The third-order valence-corrected chi connectivity index (χ3v) is 3.16. The van der Waals surface area contributed by atoms with E-state index < -0.39 is 0 Å². The van der Waals surface area contributed by atoms with Gasteiger partial charge in [0, 0.05) is 0 Å². The zero-order chi connectivity index (χ0) is 9.30. The Labute approximate surface area is 92.6 Å². The molecule has 0 bridgehead atoms. The lowest BCUT2D eigenvalue weighted by Crippen LogP contribution is -1.98. The molecule has 12 heavy (non-hydrogen) atoms. The third kappa shape index (κ3) is 1.58. The molecule has 0 spiro atoms. The fourth-order valence-corrected chi connectivity index (χ4v) is 1.48. The molecular formula is C6H2Cl2IN3. The number of anilines is 1. The number of nitrogens with two attached hydrogens (primary N) is 1. The number of halogens is 3. The van der Waals surface area contributed by atoms with Crippen LogP contribution in [0, 0.1) is 14.9 Å². The number of pyridine rings is 1. The maximum atomic E-state index is 8.61. The molecule has 0 aromatic carbocycles. The molecule has 62 valence electrons. The van der Waals surface area contributed by atoms with E-state index in [1.807, 2.05) is 28.7 Å². The SMILES string of the molecule is N#Cc1c(Cl)nc(Cl)c(I)c1N. The molecule has 1 heterocycles. The van der Waals surface area contributed by atoms with Gasteiger partial charge in [0.05, 0.1) is 9.26 Å². The van der Waals surface area contributed by atoms with Gasteiger partial charge >= 0.3 is 0 Å². The number of aromatic nitrogens is 1. The Balaban J connectivity index is 3.54. The zero-order valence-corrected chi connectivity index (χ0v) is 9.28. The zero-order valence-electron chi connectivity index (χ0n) is 5.61. The van der Waals surface area contributed by atoms with Crippen molar-refractivity contribution in [3.63, 3.8) is 0 Å². The van der Waals surface area contributed by atoms with Crippen molar-refractivity contribution < 1.29 is 0 Å². The van der Waals surface area contributed by atoms with Crippen molar-refractivity contribution in [3.05, 3.63) is 19.4 Å². The van der Waals surface area contributed by atoms with Gasteiger partial charge in [-0.25, -0.2) is 4.98 Å². The van der Waals surface area contributed by atoms with Gasteiger partial charge in [0.25, 0.3) is 0 Å². The summed E-state index contributed by atoms with van der Waals surface area (Å²) < 4.78 is 0.551. The number of nitriles is 1. The summed E-state index contributed by atoms with van der Waals surface area (Å²) in [5.41, 5.74) is 6.01. The molecule has 1 aromatic rings. The Morgan fingerprint density at radius 2 is 2.00 bits per heavy atom. The maximum Gasteiger partial charge on any atom is 0.150 e. The van der Waals surface area contributed by atoms with Crippen LogP contribution in [0.25, 0.3) is 0 Å². The fourth-order valence-electron chi connectivity index (χ4n) is 0.630. The van der Waals surface area contributed by atoms with E-state index >= 15 is 0 Å². The van der Waals surface area contributed by atoms with Gasteiger partial charge in [0.1, 0.15) is 16.8 Å². The molecule has 0 saturated carbocycles. The molecule has 0 unspecified atom stereocenters. The lowest BCUT2D eigenvalue weighted by molar-refractivity contribution is 1.28. The standard InChI is InChI=1S/C6H2Cl2IN3/c7-5-2(1-10)4(11)3(9)6(8)12-5/h(H2,11,12). The Bertz CT molecular complexity index is 372. The van der Waals surface area contributed by atoms with Gasteiger partial charge in [0.15, 0.2) is 5.15 Å². The van der Waals surface area contributed by atoms with Crippen LogP contribution in [0.2, 0.25) is 10.3 Å². The van der Waals surface area contributed by atoms with Crippen molar-refractivity contribution in [2.45, 2.75) is 0 Å². The smallest absolute Gasteiger partial charge is 0.150 e. The molecule has 0 radical (unpaired) electrons. The topological polar surface area (TPSA) is 62.7 Å². The predicted octanol–water partition coefficient (Wildman–Crippen LogP) is 2.45. The van der Waals surface area contributed by atoms with E-state index in [-0.39, 0.29) is 21.6 Å². The van der Waals surface area contributed by atoms with Crippen LogP contribution in [-0.2, 0) is 0 Å². The Morgan fingerprint density at radius 1 is 1.42 bits per heavy atom. The van der Waals surface area contributed by atoms with Gasteiger partial charge in [-0.15, -0.1) is 0 Å². The van der Waals surface area contributed by atoms with Crippen LogP contribution in [0.4, 0.5) is 5.69 Å². The minimum atomic E-state index is 0.0421. The van der Waals surface area contributed by atoms with E-state index in [0.717, 1.165) is 0 Å². The number of nitrogen functional groups attached to an aromatic ring is 1. The highest BCUT2D eigenvalue weighted by Gasteiger charge is 2.12. The molecule has 0 aliphatic carbocycles. The normalized spacial score (nSPS) is 9.50. The summed E-state index contributed by atoms with van der Waals surface area (Å²) in [6.45, 7) is 0. The van der Waals surface area contributed by atoms with Crippen molar-refractivity contribution in [3.8, 4) is 6.07 Å². The van der Waals surface area contributed by atoms with Crippen LogP contribution in [0.5, 0.6) is 0 Å². The molecule has 1 aromatic heterocycles. The van der Waals surface area contributed by atoms with Crippen molar-refractivity contribution in [2.24, 2.45) is 0 Å². The monoisotopic (exact) mass is 313 g/mol. The van der Waals surface area contributed by atoms with Crippen molar-refractivity contribution in [2.75, 3.05) is 5.73 Å². The quantitative estimate of drug-likeness (QED) is 0.591. The molecule has 0 aliphatic heterocycles. The van der Waals surface area contributed by atoms with E-state index in [1.54, 1.807) is 0 Å². The molecule has 0 atom stereocenters. The van der Waals surface area contributed by atoms with Crippen LogP contribution >= 0.6 is 45.8 Å². The van der Waals surface area contributed by atoms with Crippen molar-refractivity contribution in [1.82, 2.24) is 4.98 Å². The number of rotatable bonds is 0. The van der Waals surface area contributed by atoms with Gasteiger partial charge in [-0.05, 0) is 22.6 Å². The van der Waals surface area contributed by atoms with E-state index in [1.165, 1.54) is 0 Å². The largest absolute Gasteiger partial charge is 0.397 e. The van der Waals surface area contributed by atoms with E-state index in [2.05, 4.69) is 4.98 Å². The first-order valence-corrected chi connectivity index (χ1v) is 4.61. The highest BCUT2D eigenvalue weighted by Crippen LogP contribution is 2.29. The molecule has 0 fully saturated rings. The molecule has 3 nitrogen and oxygen atoms in total. The van der Waals surface area contributed by atoms with Crippen molar-refractivity contribution in [1.29, 1.82) is 5.26 Å². The van der Waals surface area contributed by atoms with Gasteiger partial charge < -0.3 is 5.73 Å². The summed E-state index contributed by atoms with van der Waals surface area (Å²) in [6.07, 6.45) is 0. The minimum absolute atomic E-state index is 0.0421. The summed E-state index contributed by atoms with van der Waals surface area (Å²) in [5.74, 6) is 0. The Hall–Kier alpha value is -0.250. The van der Waals surface area contributed by atoms with Crippen LogP contribution in [0.3, 0.4) is 0 Å². The number of hydrogen-bond acceptors (Lipinski definition) is 3. The third-order valence-electron chi connectivity index (χ3n) is 1.20. The Morgan fingerprint density at radius 3 is 2.50 bits per heavy atom. The Kier molecular flexibility index (Phi) is 2.99. The van der Waals surface area contributed by atoms with Gasteiger partial charge in [-0.3, -0.25) is 0 Å². The average molecular weight is 314 g/mol. The second-order valence-electron chi connectivity index (χ2n) is 1.91. The molecule has 0 aliphatic rings. The van der Waals surface area contributed by atoms with Gasteiger partial charge in [-0.2, -0.15) is 5.26 Å². The predicted molar refractivity (Wildman–Crippen MR) is 56.1 cm³/mol. The number of hydrogen-bond donors (Lipinski definition) is 1. The van der Waals surface area contributed by atoms with Crippen LogP contribution < -0.4 is 5.73 Å². The molecule has 2 N–H and O–H groups in total. The van der Waals surface area contributed by atoms with Crippen LogP contribution in [-0.4, -0.2) is 4.98 Å². The lowest BCUT2D eigenvalue weighted by Gasteiger charge is -2.03. The van der Waals surface area contributed by atoms with Gasteiger partial charge in [0.2, 0.25) is 0 Å². The highest BCUT2D eigenvalue weighted by atomic mass is 127. The summed E-state index contributed by atoms with van der Waals surface area (Å²) in [7, 11) is 0. The molecule has 1 rings (SSSR count). The van der Waals surface area contributed by atoms with Crippen molar-refractivity contribution >= 4 is 51.5 Å². The molecule has 0 amide bonds. The van der Waals surface area contributed by atoms with E-state index in [0.29, 0.717) is 3.57 Å².